The zero-order valence-electron chi connectivity index (χ0n) is 26.7. The van der Waals surface area contributed by atoms with Crippen molar-refractivity contribution in [2.45, 2.75) is 69.3 Å². The number of aryl methyl sites for hydroxylation is 2. The Hall–Kier alpha value is -2.55. The van der Waals surface area contributed by atoms with Crippen molar-refractivity contribution in [3.05, 3.63) is 130 Å². The third kappa shape index (κ3) is 4.65. The van der Waals surface area contributed by atoms with Crippen LogP contribution in [0.1, 0.15) is 68.4 Å². The minimum absolute atomic E-state index is 0.545. The molecule has 0 nitrogen and oxygen atoms in total. The molecule has 0 N–H and O–H groups in total. The van der Waals surface area contributed by atoms with Crippen LogP contribution in [0.2, 0.25) is 20.4 Å². The third-order valence-corrected chi connectivity index (χ3v) is 69.4. The summed E-state index contributed by atoms with van der Waals surface area (Å²) in [5.74, 6) is 0. The quantitative estimate of drug-likeness (QED) is 0.173. The van der Waals surface area contributed by atoms with Crippen molar-refractivity contribution in [1.82, 2.24) is 0 Å². The summed E-state index contributed by atoms with van der Waals surface area (Å²) in [5, 5.41) is 0. The van der Waals surface area contributed by atoms with E-state index in [1.165, 1.54) is 44.5 Å². The fraction of sp³-hybridized carbons (Fsp3) is 0.300. The van der Waals surface area contributed by atoms with E-state index in [1.807, 2.05) is 0 Å². The average Bonchev–Trinajstić information content (AvgIpc) is 3.58. The van der Waals surface area contributed by atoms with E-state index < -0.39 is 22.6 Å². The summed E-state index contributed by atoms with van der Waals surface area (Å²) < 4.78 is 6.86. The zero-order valence-corrected chi connectivity index (χ0v) is 31.3. The first-order valence-corrected chi connectivity index (χ1v) is 34.2. The molecular weight excluding hydrogens is 687 g/mol. The fourth-order valence-corrected chi connectivity index (χ4v) is 81.2. The van der Waals surface area contributed by atoms with Crippen LogP contribution in [-0.4, -0.2) is 5.49 Å². The molecule has 4 aromatic carbocycles. The Morgan fingerprint density at radius 3 is 1.36 bits per heavy atom. The van der Waals surface area contributed by atoms with Crippen LogP contribution in [-0.2, 0) is 17.1 Å². The van der Waals surface area contributed by atoms with Gasteiger partial charge in [-0.15, -0.1) is 0 Å². The van der Waals surface area contributed by atoms with Crippen LogP contribution in [0.4, 0.5) is 0 Å². The molecule has 0 fully saturated rings. The average molecular weight is 733 g/mol. The number of allylic oxidation sites excluding steroid dienone is 2. The van der Waals surface area contributed by atoms with Gasteiger partial charge in [-0.3, -0.25) is 0 Å². The molecule has 0 saturated heterocycles. The molecule has 4 aromatic rings. The van der Waals surface area contributed by atoms with Crippen LogP contribution in [0.15, 0.2) is 97.1 Å². The van der Waals surface area contributed by atoms with Gasteiger partial charge >= 0.3 is 257 Å². The number of hydrogen-bond acceptors (Lipinski definition) is 0. The standard InChI is InChI=1S/2C16H13.C6H14Si.2CH3.Hf/c2*1-12-5-2-8-14(11-12)16-10-4-7-13-6-3-9-15(13)16;1-5(2)7-6(3)4;;;/h2*2-11H,1H3;5-6H,1-4H3;2*1H3;. The first kappa shape index (κ1) is 29.5. The van der Waals surface area contributed by atoms with Gasteiger partial charge in [-0.1, -0.05) is 0 Å². The predicted octanol–water partition coefficient (Wildman–Crippen LogP) is 12.1. The monoisotopic (exact) mass is 734 g/mol. The summed E-state index contributed by atoms with van der Waals surface area (Å²) in [4.78, 5) is 0. The molecule has 2 aliphatic rings. The summed E-state index contributed by atoms with van der Waals surface area (Å²) in [6.45, 7) is 14.6. The van der Waals surface area contributed by atoms with Gasteiger partial charge in [-0.25, -0.2) is 0 Å². The van der Waals surface area contributed by atoms with Gasteiger partial charge in [0.2, 0.25) is 0 Å². The number of rotatable bonds is 6. The van der Waals surface area contributed by atoms with Gasteiger partial charge in [-0.2, -0.15) is 0 Å². The molecule has 2 atom stereocenters. The maximum absolute atomic E-state index is 3.93. The summed E-state index contributed by atoms with van der Waals surface area (Å²) in [7, 11) is 0. The van der Waals surface area contributed by atoms with Crippen LogP contribution in [0.5, 0.6) is 0 Å². The number of hydrogen-bond donors (Lipinski definition) is 0. The zero-order chi connectivity index (χ0) is 29.8. The van der Waals surface area contributed by atoms with Crippen molar-refractivity contribution < 1.29 is 17.1 Å². The Bertz CT molecular complexity index is 1700. The van der Waals surface area contributed by atoms with E-state index in [0.717, 1.165) is 11.1 Å². The van der Waals surface area contributed by atoms with E-state index in [0.29, 0.717) is 7.35 Å². The molecule has 214 valence electrons. The summed E-state index contributed by atoms with van der Waals surface area (Å²) in [6.07, 6.45) is 10.4. The van der Waals surface area contributed by atoms with Gasteiger partial charge in [0.05, 0.1) is 0 Å². The van der Waals surface area contributed by atoms with E-state index in [1.54, 1.807) is 11.1 Å². The van der Waals surface area contributed by atoms with Gasteiger partial charge in [0.15, 0.2) is 0 Å². The second-order valence-electron chi connectivity index (χ2n) is 14.4. The molecule has 2 aliphatic carbocycles. The molecule has 0 aliphatic heterocycles. The van der Waals surface area contributed by atoms with Crippen molar-refractivity contribution in [3.8, 4) is 22.3 Å². The first-order valence-electron chi connectivity index (χ1n) is 15.8. The fourth-order valence-electron chi connectivity index (χ4n) is 9.39. The molecule has 0 aromatic heterocycles. The van der Waals surface area contributed by atoms with E-state index >= 15 is 0 Å². The molecular formula is C40H46HfSi. The normalized spacial score (nSPS) is 17.7. The molecule has 6 rings (SSSR count). The Morgan fingerprint density at radius 2 is 0.976 bits per heavy atom. The number of benzene rings is 4. The molecule has 0 amide bonds. The van der Waals surface area contributed by atoms with Gasteiger partial charge in [-0.05, 0) is 0 Å². The van der Waals surface area contributed by atoms with Crippen molar-refractivity contribution in [1.29, 1.82) is 0 Å². The molecule has 0 heterocycles. The van der Waals surface area contributed by atoms with E-state index in [9.17, 15) is 0 Å². The topological polar surface area (TPSA) is 0 Å². The molecule has 0 saturated carbocycles. The van der Waals surface area contributed by atoms with Crippen molar-refractivity contribution >= 4 is 17.6 Å². The van der Waals surface area contributed by atoms with Gasteiger partial charge in [0.25, 0.3) is 0 Å². The predicted molar refractivity (Wildman–Crippen MR) is 184 cm³/mol. The second kappa shape index (κ2) is 10.9. The van der Waals surface area contributed by atoms with Gasteiger partial charge < -0.3 is 0 Å². The Balaban J connectivity index is 1.60. The molecule has 0 spiro atoms. The van der Waals surface area contributed by atoms with Crippen molar-refractivity contribution in [3.63, 3.8) is 0 Å². The van der Waals surface area contributed by atoms with E-state index in [4.69, 9.17) is 0 Å². The summed E-state index contributed by atoms with van der Waals surface area (Å²) >= 11 is -3.93. The SMILES string of the molecule is Cc1cccc(-c2cccc3c2C=C[CH]3[Hf]([CH3])([CH3])([CH]2C=Cc3c(-c4cccc(C)c4)cccc32)=[Si](C(C)C)C(C)C)c1. The van der Waals surface area contributed by atoms with Crippen LogP contribution in [0.25, 0.3) is 34.4 Å². The minimum atomic E-state index is -3.93. The van der Waals surface area contributed by atoms with Crippen LogP contribution >= 0.6 is 0 Å². The number of fused-ring (bicyclic) bond motifs is 2. The maximum atomic E-state index is 2.89. The van der Waals surface area contributed by atoms with Crippen LogP contribution in [0.3, 0.4) is 0 Å². The molecule has 0 radical (unpaired) electrons. The van der Waals surface area contributed by atoms with Crippen LogP contribution < -0.4 is 0 Å². The van der Waals surface area contributed by atoms with Gasteiger partial charge in [0.1, 0.15) is 0 Å². The molecule has 0 bridgehead atoms. The van der Waals surface area contributed by atoms with Crippen molar-refractivity contribution in [2.75, 3.05) is 0 Å². The Morgan fingerprint density at radius 1 is 0.571 bits per heavy atom. The molecule has 42 heavy (non-hydrogen) atoms. The van der Waals surface area contributed by atoms with E-state index in [2.05, 4.69) is 160 Å². The Kier molecular flexibility index (Phi) is 7.63. The van der Waals surface area contributed by atoms with Gasteiger partial charge in [0, 0.05) is 0 Å². The Labute approximate surface area is 255 Å². The molecule has 2 unspecified atom stereocenters. The first-order chi connectivity index (χ1) is 20.0. The second-order valence-corrected chi connectivity index (χ2v) is 60.0. The summed E-state index contributed by atoms with van der Waals surface area (Å²) in [6, 6.07) is 32.4. The molecule has 2 heteroatoms. The summed E-state index contributed by atoms with van der Waals surface area (Å²) in [5.41, 5.74) is 15.0. The van der Waals surface area contributed by atoms with Crippen LogP contribution in [0, 0.1) is 13.8 Å². The van der Waals surface area contributed by atoms with Crippen molar-refractivity contribution in [2.24, 2.45) is 0 Å². The van der Waals surface area contributed by atoms with E-state index in [-0.39, 0.29) is 0 Å². The third-order valence-electron chi connectivity index (χ3n) is 10.6.